The lowest BCUT2D eigenvalue weighted by atomic mass is 9.59. The van der Waals surface area contributed by atoms with Gasteiger partial charge in [-0.25, -0.2) is 0 Å². The Bertz CT molecular complexity index is 693. The van der Waals surface area contributed by atoms with Crippen molar-refractivity contribution in [3.63, 3.8) is 0 Å². The van der Waals surface area contributed by atoms with E-state index in [0.717, 1.165) is 57.8 Å². The van der Waals surface area contributed by atoms with E-state index in [1.54, 1.807) is 0 Å². The summed E-state index contributed by atoms with van der Waals surface area (Å²) >= 11 is 0. The van der Waals surface area contributed by atoms with Crippen molar-refractivity contribution in [3.8, 4) is 0 Å². The first-order valence-corrected chi connectivity index (χ1v) is 12.1. The van der Waals surface area contributed by atoms with E-state index in [-0.39, 0.29) is 11.5 Å². The first-order valence-electron chi connectivity index (χ1n) is 12.1. The van der Waals surface area contributed by atoms with Crippen molar-refractivity contribution < 1.29 is 15.3 Å². The van der Waals surface area contributed by atoms with E-state index in [1.807, 2.05) is 20.8 Å². The first-order chi connectivity index (χ1) is 13.9. The van der Waals surface area contributed by atoms with Gasteiger partial charge >= 0.3 is 0 Å². The fourth-order valence-electron chi connectivity index (χ4n) is 6.71. The summed E-state index contributed by atoms with van der Waals surface area (Å²) in [5.74, 6) is 0.843. The lowest BCUT2D eigenvalue weighted by Gasteiger charge is -2.47. The molecular formula is C27H44O3. The maximum Gasteiger partial charge on any atom is 0.0653 e. The SMILES string of the molecule is C=C1CC[C@H](O)C/C1=C/C=C1\CCC[C@@]2(C)[C@H]1CC[C@@H]2[C@@](C)(O)CCCC(C)(C)O. The van der Waals surface area contributed by atoms with Crippen LogP contribution in [-0.4, -0.2) is 32.6 Å². The minimum absolute atomic E-state index is 0.143. The van der Waals surface area contributed by atoms with Gasteiger partial charge in [0.05, 0.1) is 17.3 Å². The Balaban J connectivity index is 1.74. The lowest BCUT2D eigenvalue weighted by Crippen LogP contribution is -2.45. The van der Waals surface area contributed by atoms with Crippen LogP contribution in [0.25, 0.3) is 0 Å². The van der Waals surface area contributed by atoms with Crippen molar-refractivity contribution >= 4 is 0 Å². The van der Waals surface area contributed by atoms with Crippen molar-refractivity contribution in [1.82, 2.24) is 0 Å². The number of aliphatic hydroxyl groups is 3. The molecule has 0 aliphatic heterocycles. The predicted octanol–water partition coefficient (Wildman–Crippen LogP) is 5.85. The Morgan fingerprint density at radius 3 is 2.50 bits per heavy atom. The van der Waals surface area contributed by atoms with E-state index >= 15 is 0 Å². The van der Waals surface area contributed by atoms with Gasteiger partial charge in [-0.3, -0.25) is 0 Å². The summed E-state index contributed by atoms with van der Waals surface area (Å²) in [5.41, 5.74) is 2.71. The van der Waals surface area contributed by atoms with Gasteiger partial charge in [0.15, 0.2) is 0 Å². The van der Waals surface area contributed by atoms with E-state index < -0.39 is 11.2 Å². The van der Waals surface area contributed by atoms with Crippen LogP contribution in [0.1, 0.15) is 98.3 Å². The van der Waals surface area contributed by atoms with Crippen LogP contribution >= 0.6 is 0 Å². The Morgan fingerprint density at radius 1 is 1.07 bits per heavy atom. The van der Waals surface area contributed by atoms with Crippen molar-refractivity contribution in [2.45, 2.75) is 116 Å². The van der Waals surface area contributed by atoms with Gasteiger partial charge in [0.25, 0.3) is 0 Å². The van der Waals surface area contributed by atoms with Crippen LogP contribution in [0.5, 0.6) is 0 Å². The molecule has 3 fully saturated rings. The van der Waals surface area contributed by atoms with E-state index in [2.05, 4.69) is 25.7 Å². The average molecular weight is 417 g/mol. The highest BCUT2D eigenvalue weighted by molar-refractivity contribution is 5.36. The molecule has 3 N–H and O–H groups in total. The summed E-state index contributed by atoms with van der Waals surface area (Å²) in [6.45, 7) is 12.3. The number of allylic oxidation sites excluding steroid dienone is 4. The summed E-state index contributed by atoms with van der Waals surface area (Å²) in [7, 11) is 0. The standard InChI is InChI=1S/C27H44O3/c1-19-9-12-22(28)18-21(19)11-10-20-8-6-16-26(4)23(20)13-14-24(26)27(5,30)17-7-15-25(2,3)29/h10-11,22-24,28-30H,1,6-9,12-18H2,2-5H3/b20-10+,21-11-/t22-,23-,24-,26-,27-/m0/s1. The van der Waals surface area contributed by atoms with Crippen LogP contribution < -0.4 is 0 Å². The largest absolute Gasteiger partial charge is 0.393 e. The molecule has 30 heavy (non-hydrogen) atoms. The van der Waals surface area contributed by atoms with Crippen LogP contribution in [0.3, 0.4) is 0 Å². The third-order valence-corrected chi connectivity index (χ3v) is 8.37. The molecular weight excluding hydrogens is 372 g/mol. The third-order valence-electron chi connectivity index (χ3n) is 8.37. The Hall–Kier alpha value is -0.900. The van der Waals surface area contributed by atoms with Gasteiger partial charge in [-0.05, 0) is 114 Å². The third kappa shape index (κ3) is 5.29. The van der Waals surface area contributed by atoms with Gasteiger partial charge in [-0.2, -0.15) is 0 Å². The van der Waals surface area contributed by atoms with Crippen molar-refractivity contribution in [3.05, 3.63) is 35.5 Å². The van der Waals surface area contributed by atoms with E-state index in [0.29, 0.717) is 11.8 Å². The van der Waals surface area contributed by atoms with Crippen molar-refractivity contribution in [1.29, 1.82) is 0 Å². The molecule has 0 amide bonds. The molecule has 0 spiro atoms. The van der Waals surface area contributed by atoms with Crippen LogP contribution in [0, 0.1) is 17.3 Å². The lowest BCUT2D eigenvalue weighted by molar-refractivity contribution is -0.0680. The Labute approximate surface area is 184 Å². The Morgan fingerprint density at radius 2 is 1.80 bits per heavy atom. The molecule has 0 heterocycles. The Kier molecular flexibility index (Phi) is 7.06. The topological polar surface area (TPSA) is 60.7 Å². The fraction of sp³-hybridized carbons (Fsp3) is 0.778. The molecule has 3 rings (SSSR count). The van der Waals surface area contributed by atoms with Crippen molar-refractivity contribution in [2.75, 3.05) is 0 Å². The van der Waals surface area contributed by atoms with Crippen LogP contribution in [0.4, 0.5) is 0 Å². The minimum atomic E-state index is -0.683. The second-order valence-electron chi connectivity index (χ2n) is 11.5. The van der Waals surface area contributed by atoms with Gasteiger partial charge in [0.2, 0.25) is 0 Å². The predicted molar refractivity (Wildman–Crippen MR) is 124 cm³/mol. The number of rotatable bonds is 6. The monoisotopic (exact) mass is 416 g/mol. The smallest absolute Gasteiger partial charge is 0.0653 e. The zero-order valence-corrected chi connectivity index (χ0v) is 19.7. The fourth-order valence-corrected chi connectivity index (χ4v) is 6.71. The highest BCUT2D eigenvalue weighted by atomic mass is 16.3. The highest BCUT2D eigenvalue weighted by Gasteiger charge is 2.54. The molecule has 0 unspecified atom stereocenters. The van der Waals surface area contributed by atoms with Crippen LogP contribution in [-0.2, 0) is 0 Å². The molecule has 0 radical (unpaired) electrons. The second-order valence-corrected chi connectivity index (χ2v) is 11.5. The summed E-state index contributed by atoms with van der Waals surface area (Å²) in [4.78, 5) is 0. The zero-order chi connectivity index (χ0) is 22.2. The van der Waals surface area contributed by atoms with E-state index in [1.165, 1.54) is 29.6 Å². The summed E-state index contributed by atoms with van der Waals surface area (Å²) in [5, 5.41) is 31.5. The minimum Gasteiger partial charge on any atom is -0.393 e. The molecule has 3 saturated carbocycles. The molecule has 0 aromatic carbocycles. The highest BCUT2D eigenvalue weighted by Crippen LogP contribution is 2.60. The molecule has 0 aromatic rings. The average Bonchev–Trinajstić information content (AvgIpc) is 2.99. The molecule has 3 aliphatic rings. The van der Waals surface area contributed by atoms with Gasteiger partial charge in [-0.1, -0.05) is 36.8 Å². The number of fused-ring (bicyclic) bond motifs is 1. The second kappa shape index (κ2) is 8.92. The van der Waals surface area contributed by atoms with Crippen molar-refractivity contribution in [2.24, 2.45) is 17.3 Å². The van der Waals surface area contributed by atoms with Crippen LogP contribution in [0.15, 0.2) is 35.5 Å². The quantitative estimate of drug-likeness (QED) is 0.509. The molecule has 3 nitrogen and oxygen atoms in total. The van der Waals surface area contributed by atoms with Crippen LogP contribution in [0.2, 0.25) is 0 Å². The zero-order valence-electron chi connectivity index (χ0n) is 19.7. The molecule has 0 saturated heterocycles. The number of hydrogen-bond acceptors (Lipinski definition) is 3. The van der Waals surface area contributed by atoms with Gasteiger partial charge in [0, 0.05) is 0 Å². The summed E-state index contributed by atoms with van der Waals surface area (Å²) < 4.78 is 0. The molecule has 3 aliphatic carbocycles. The van der Waals surface area contributed by atoms with E-state index in [4.69, 9.17) is 0 Å². The molecule has 5 atom stereocenters. The molecule has 170 valence electrons. The number of hydrogen-bond donors (Lipinski definition) is 3. The summed E-state index contributed by atoms with van der Waals surface area (Å²) in [6.07, 6.45) is 14.9. The maximum atomic E-state index is 11.4. The summed E-state index contributed by atoms with van der Waals surface area (Å²) in [6, 6.07) is 0. The molecule has 3 heteroatoms. The van der Waals surface area contributed by atoms with Gasteiger partial charge in [0.1, 0.15) is 0 Å². The first kappa shape index (κ1) is 23.8. The van der Waals surface area contributed by atoms with Gasteiger partial charge < -0.3 is 15.3 Å². The molecule has 0 aromatic heterocycles. The normalized spacial score (nSPS) is 37.4. The molecule has 0 bridgehead atoms. The number of aliphatic hydroxyl groups excluding tert-OH is 1. The van der Waals surface area contributed by atoms with E-state index in [9.17, 15) is 15.3 Å². The maximum absolute atomic E-state index is 11.4. The van der Waals surface area contributed by atoms with Gasteiger partial charge in [-0.15, -0.1) is 0 Å².